The molecule has 0 fully saturated rings. The smallest absolute Gasteiger partial charge is 0.250 e. The number of hydrogen-bond donors (Lipinski definition) is 3. The maximum atomic E-state index is 11.1. The van der Waals surface area contributed by atoms with E-state index < -0.39 is 5.91 Å². The van der Waals surface area contributed by atoms with Crippen LogP contribution in [0.1, 0.15) is 15.9 Å². The number of hydrogen-bond acceptors (Lipinski definition) is 3. The van der Waals surface area contributed by atoms with Gasteiger partial charge in [-0.2, -0.15) is 0 Å². The van der Waals surface area contributed by atoms with E-state index in [-0.39, 0.29) is 5.75 Å². The molecule has 0 aliphatic rings. The first-order valence-electron chi connectivity index (χ1n) is 4.08. The monoisotopic (exact) mass is 258 g/mol. The van der Waals surface area contributed by atoms with Gasteiger partial charge in [-0.15, -0.1) is 0 Å². The first-order valence-corrected chi connectivity index (χ1v) is 4.87. The molecule has 0 unspecified atom stereocenters. The average molecular weight is 259 g/mol. The number of phenolic OH excluding ortho intramolecular Hbond substituents is 1. The van der Waals surface area contributed by atoms with Gasteiger partial charge < -0.3 is 16.6 Å². The van der Waals surface area contributed by atoms with Crippen molar-refractivity contribution < 1.29 is 9.90 Å². The van der Waals surface area contributed by atoms with E-state index in [4.69, 9.17) is 11.5 Å². The van der Waals surface area contributed by atoms with Crippen LogP contribution < -0.4 is 11.5 Å². The highest BCUT2D eigenvalue weighted by Crippen LogP contribution is 2.29. The summed E-state index contributed by atoms with van der Waals surface area (Å²) >= 11 is 3.11. The normalized spacial score (nSPS) is 10.1. The Bertz CT molecular complexity index is 366. The van der Waals surface area contributed by atoms with Crippen LogP contribution >= 0.6 is 15.9 Å². The number of carbonyl (C=O) groups excluding carboxylic acids is 1. The first-order chi connectivity index (χ1) is 6.57. The van der Waals surface area contributed by atoms with E-state index >= 15 is 0 Å². The average Bonchev–Trinajstić information content (AvgIpc) is 2.11. The quantitative estimate of drug-likeness (QED) is 0.748. The molecule has 4 nitrogen and oxygen atoms in total. The van der Waals surface area contributed by atoms with Gasteiger partial charge in [-0.05, 0) is 40.5 Å². The highest BCUT2D eigenvalue weighted by molar-refractivity contribution is 9.10. The molecule has 0 radical (unpaired) electrons. The second kappa shape index (κ2) is 4.43. The van der Waals surface area contributed by atoms with Crippen molar-refractivity contribution in [2.24, 2.45) is 11.5 Å². The molecule has 1 amide bonds. The molecule has 1 rings (SSSR count). The Labute approximate surface area is 90.0 Å². The first kappa shape index (κ1) is 11.0. The van der Waals surface area contributed by atoms with Crippen LogP contribution in [-0.2, 0) is 6.42 Å². The van der Waals surface area contributed by atoms with Crippen molar-refractivity contribution in [3.05, 3.63) is 27.7 Å². The Morgan fingerprint density at radius 1 is 1.50 bits per heavy atom. The fourth-order valence-corrected chi connectivity index (χ4v) is 1.82. The molecule has 76 valence electrons. The zero-order chi connectivity index (χ0) is 10.7. The molecule has 0 atom stereocenters. The van der Waals surface area contributed by atoms with Crippen molar-refractivity contribution in [1.29, 1.82) is 0 Å². The van der Waals surface area contributed by atoms with Crippen molar-refractivity contribution >= 4 is 21.8 Å². The molecule has 5 heteroatoms. The molecular formula is C9H11BrN2O2. The van der Waals surface area contributed by atoms with Gasteiger partial charge in [0.2, 0.25) is 5.91 Å². The molecule has 0 aliphatic carbocycles. The number of benzene rings is 1. The van der Waals surface area contributed by atoms with Gasteiger partial charge in [0.15, 0.2) is 0 Å². The lowest BCUT2D eigenvalue weighted by atomic mass is 10.0. The molecule has 5 N–H and O–H groups in total. The number of primary amides is 1. The van der Waals surface area contributed by atoms with Gasteiger partial charge in [0.25, 0.3) is 0 Å². The zero-order valence-electron chi connectivity index (χ0n) is 7.46. The highest BCUT2D eigenvalue weighted by Gasteiger charge is 2.14. The van der Waals surface area contributed by atoms with Crippen LogP contribution in [0.4, 0.5) is 0 Å². The number of amides is 1. The third-order valence-electron chi connectivity index (χ3n) is 1.87. The molecule has 0 aliphatic heterocycles. The Morgan fingerprint density at radius 2 is 2.14 bits per heavy atom. The number of nitrogens with two attached hydrogens (primary N) is 2. The van der Waals surface area contributed by atoms with E-state index in [1.165, 1.54) is 6.07 Å². The Morgan fingerprint density at radius 3 is 2.64 bits per heavy atom. The van der Waals surface area contributed by atoms with Gasteiger partial charge in [-0.25, -0.2) is 0 Å². The molecule has 14 heavy (non-hydrogen) atoms. The third kappa shape index (κ3) is 2.05. The van der Waals surface area contributed by atoms with Crippen LogP contribution in [-0.4, -0.2) is 17.6 Å². The van der Waals surface area contributed by atoms with E-state index in [2.05, 4.69) is 15.9 Å². The van der Waals surface area contributed by atoms with Crippen LogP contribution in [0.25, 0.3) is 0 Å². The molecule has 0 spiro atoms. The topological polar surface area (TPSA) is 89.3 Å². The lowest BCUT2D eigenvalue weighted by Gasteiger charge is -2.08. The molecule has 1 aromatic carbocycles. The van der Waals surface area contributed by atoms with Crippen LogP contribution in [0.2, 0.25) is 0 Å². The minimum Gasteiger partial charge on any atom is -0.507 e. The SMILES string of the molecule is NCCc1ccc(O)c(Br)c1C(N)=O. The van der Waals surface area contributed by atoms with Crippen molar-refractivity contribution in [2.75, 3.05) is 6.54 Å². The summed E-state index contributed by atoms with van der Waals surface area (Å²) < 4.78 is 0.330. The van der Waals surface area contributed by atoms with Crippen LogP contribution in [0, 0.1) is 0 Å². The fraction of sp³-hybridized carbons (Fsp3) is 0.222. The largest absolute Gasteiger partial charge is 0.507 e. The second-order valence-corrected chi connectivity index (χ2v) is 3.63. The van der Waals surface area contributed by atoms with E-state index in [9.17, 15) is 9.90 Å². The summed E-state index contributed by atoms with van der Waals surface area (Å²) in [4.78, 5) is 11.1. The highest BCUT2D eigenvalue weighted by atomic mass is 79.9. The summed E-state index contributed by atoms with van der Waals surface area (Å²) in [6.07, 6.45) is 0.553. The third-order valence-corrected chi connectivity index (χ3v) is 2.67. The Kier molecular flexibility index (Phi) is 3.49. The van der Waals surface area contributed by atoms with Crippen LogP contribution in [0.3, 0.4) is 0 Å². The van der Waals surface area contributed by atoms with Gasteiger partial charge >= 0.3 is 0 Å². The van der Waals surface area contributed by atoms with E-state index in [1.807, 2.05) is 0 Å². The van der Waals surface area contributed by atoms with Gasteiger partial charge in [0.1, 0.15) is 5.75 Å². The van der Waals surface area contributed by atoms with Crippen LogP contribution in [0.15, 0.2) is 16.6 Å². The Balaban J connectivity index is 3.30. The zero-order valence-corrected chi connectivity index (χ0v) is 9.04. The standard InChI is InChI=1S/C9H11BrN2O2/c10-8-6(13)2-1-5(3-4-11)7(8)9(12)14/h1-2,13H,3-4,11H2,(H2,12,14). The summed E-state index contributed by atoms with van der Waals surface area (Å²) in [5.74, 6) is -0.573. The maximum absolute atomic E-state index is 11.1. The summed E-state index contributed by atoms with van der Waals surface area (Å²) in [5, 5.41) is 9.36. The van der Waals surface area contributed by atoms with Gasteiger partial charge in [0.05, 0.1) is 10.0 Å². The van der Waals surface area contributed by atoms with E-state index in [1.54, 1.807) is 6.07 Å². The van der Waals surface area contributed by atoms with E-state index in [0.717, 1.165) is 5.56 Å². The number of phenols is 1. The predicted molar refractivity (Wildman–Crippen MR) is 57.1 cm³/mol. The predicted octanol–water partition coefficient (Wildman–Crippen LogP) is 0.755. The molecule has 0 heterocycles. The number of aromatic hydroxyl groups is 1. The molecule has 0 saturated carbocycles. The molecule has 0 aromatic heterocycles. The van der Waals surface area contributed by atoms with Crippen molar-refractivity contribution in [3.8, 4) is 5.75 Å². The Hall–Kier alpha value is -1.07. The summed E-state index contributed by atoms with van der Waals surface area (Å²) in [6.45, 7) is 0.428. The molecule has 1 aromatic rings. The minimum absolute atomic E-state index is 0.000397. The van der Waals surface area contributed by atoms with Crippen molar-refractivity contribution in [1.82, 2.24) is 0 Å². The second-order valence-electron chi connectivity index (χ2n) is 2.84. The van der Waals surface area contributed by atoms with Gasteiger partial charge in [0, 0.05) is 0 Å². The molecule has 0 saturated heterocycles. The van der Waals surface area contributed by atoms with Gasteiger partial charge in [-0.3, -0.25) is 4.79 Å². The van der Waals surface area contributed by atoms with E-state index in [0.29, 0.717) is 23.0 Å². The summed E-state index contributed by atoms with van der Waals surface area (Å²) in [7, 11) is 0. The number of carbonyl (C=O) groups is 1. The fourth-order valence-electron chi connectivity index (χ4n) is 1.24. The number of rotatable bonds is 3. The molecule has 0 bridgehead atoms. The lowest BCUT2D eigenvalue weighted by Crippen LogP contribution is -2.16. The maximum Gasteiger partial charge on any atom is 0.250 e. The summed E-state index contributed by atoms with van der Waals surface area (Å²) in [6, 6.07) is 3.15. The van der Waals surface area contributed by atoms with Crippen molar-refractivity contribution in [3.63, 3.8) is 0 Å². The summed E-state index contributed by atoms with van der Waals surface area (Å²) in [5.41, 5.74) is 11.6. The minimum atomic E-state index is -0.573. The van der Waals surface area contributed by atoms with Crippen LogP contribution in [0.5, 0.6) is 5.75 Å². The lowest BCUT2D eigenvalue weighted by molar-refractivity contribution is 0.0998. The molecular weight excluding hydrogens is 248 g/mol. The van der Waals surface area contributed by atoms with Gasteiger partial charge in [-0.1, -0.05) is 6.07 Å². The number of halogens is 1. The van der Waals surface area contributed by atoms with Crippen molar-refractivity contribution in [2.45, 2.75) is 6.42 Å².